The van der Waals surface area contributed by atoms with Gasteiger partial charge in [-0.2, -0.15) is 4.31 Å². The van der Waals surface area contributed by atoms with Crippen molar-refractivity contribution in [2.24, 2.45) is 5.73 Å². The molecule has 1 fully saturated rings. The Bertz CT molecular complexity index is 792. The molecule has 0 aromatic heterocycles. The summed E-state index contributed by atoms with van der Waals surface area (Å²) < 4.78 is 27.0. The molecule has 1 aliphatic rings. The van der Waals surface area contributed by atoms with Crippen LogP contribution in [-0.4, -0.2) is 31.9 Å². The molecule has 0 amide bonds. The van der Waals surface area contributed by atoms with Gasteiger partial charge in [0.2, 0.25) is 10.0 Å². The highest BCUT2D eigenvalue weighted by atomic mass is 35.5. The molecule has 0 bridgehead atoms. The molecule has 0 aliphatic carbocycles. The molecular formula is C16H16Cl2N2O2S. The molecule has 0 unspecified atom stereocenters. The lowest BCUT2D eigenvalue weighted by Crippen LogP contribution is -2.32. The Morgan fingerprint density at radius 2 is 1.61 bits per heavy atom. The first-order chi connectivity index (χ1) is 10.9. The molecule has 3 rings (SSSR count). The van der Waals surface area contributed by atoms with Gasteiger partial charge in [-0.1, -0.05) is 53.5 Å². The van der Waals surface area contributed by atoms with Gasteiger partial charge in [-0.15, -0.1) is 0 Å². The fraction of sp³-hybridized carbons (Fsp3) is 0.250. The third-order valence-corrected chi connectivity index (χ3v) is 6.28. The zero-order valence-electron chi connectivity index (χ0n) is 12.2. The molecular weight excluding hydrogens is 355 g/mol. The summed E-state index contributed by atoms with van der Waals surface area (Å²) >= 11 is 11.8. The van der Waals surface area contributed by atoms with Crippen molar-refractivity contribution in [2.75, 3.05) is 13.1 Å². The van der Waals surface area contributed by atoms with E-state index < -0.39 is 10.0 Å². The van der Waals surface area contributed by atoms with E-state index in [1.165, 1.54) is 22.5 Å². The number of hydrogen-bond donors (Lipinski definition) is 1. The Kier molecular flexibility index (Phi) is 4.67. The molecule has 4 nitrogen and oxygen atoms in total. The number of nitrogens with zero attached hydrogens (tertiary/aromatic N) is 1. The number of hydrogen-bond acceptors (Lipinski definition) is 3. The van der Waals surface area contributed by atoms with E-state index in [9.17, 15) is 8.42 Å². The Hall–Kier alpha value is -1.11. The van der Waals surface area contributed by atoms with E-state index in [2.05, 4.69) is 0 Å². The summed E-state index contributed by atoms with van der Waals surface area (Å²) in [6.45, 7) is 0.615. The van der Waals surface area contributed by atoms with Gasteiger partial charge in [-0.05, 0) is 23.8 Å². The third kappa shape index (κ3) is 3.39. The zero-order chi connectivity index (χ0) is 16.6. The number of halogens is 2. The molecule has 1 aliphatic heterocycles. The van der Waals surface area contributed by atoms with Crippen molar-refractivity contribution in [1.29, 1.82) is 0 Å². The second-order valence-electron chi connectivity index (χ2n) is 5.61. The van der Waals surface area contributed by atoms with E-state index in [4.69, 9.17) is 28.9 Å². The Balaban J connectivity index is 1.90. The molecule has 23 heavy (non-hydrogen) atoms. The van der Waals surface area contributed by atoms with Crippen LogP contribution in [0.15, 0.2) is 53.4 Å². The highest BCUT2D eigenvalue weighted by molar-refractivity contribution is 7.89. The highest BCUT2D eigenvalue weighted by Crippen LogP contribution is 2.32. The molecule has 122 valence electrons. The van der Waals surface area contributed by atoms with Crippen molar-refractivity contribution in [3.8, 4) is 0 Å². The van der Waals surface area contributed by atoms with Crippen LogP contribution in [0.25, 0.3) is 0 Å². The van der Waals surface area contributed by atoms with Crippen LogP contribution in [0.4, 0.5) is 0 Å². The SMILES string of the molecule is N[C@@H]1CN(S(=O)(=O)c2cc(Cl)cc(Cl)c2)C[C@H]1c1ccccc1. The van der Waals surface area contributed by atoms with Crippen LogP contribution in [0.2, 0.25) is 10.0 Å². The molecule has 2 atom stereocenters. The lowest BCUT2D eigenvalue weighted by Gasteiger charge is -2.17. The van der Waals surface area contributed by atoms with Gasteiger partial charge in [-0.3, -0.25) is 0 Å². The second-order valence-corrected chi connectivity index (χ2v) is 8.42. The number of nitrogens with two attached hydrogens (primary N) is 1. The Morgan fingerprint density at radius 1 is 1.00 bits per heavy atom. The molecule has 2 aromatic carbocycles. The summed E-state index contributed by atoms with van der Waals surface area (Å²) in [5.41, 5.74) is 7.22. The van der Waals surface area contributed by atoms with Gasteiger partial charge in [0.15, 0.2) is 0 Å². The summed E-state index contributed by atoms with van der Waals surface area (Å²) in [4.78, 5) is 0.0934. The minimum absolute atomic E-state index is 0.0272. The minimum Gasteiger partial charge on any atom is -0.326 e. The standard InChI is InChI=1S/C16H16Cl2N2O2S/c17-12-6-13(18)8-14(7-12)23(21,22)20-9-15(16(19)10-20)11-4-2-1-3-5-11/h1-8,15-16H,9-10,19H2/t15-,16+/m0/s1. The summed E-state index contributed by atoms with van der Waals surface area (Å²) in [6.07, 6.45) is 0. The third-order valence-electron chi connectivity index (χ3n) is 4.03. The van der Waals surface area contributed by atoms with Gasteiger partial charge in [-0.25, -0.2) is 8.42 Å². The van der Waals surface area contributed by atoms with Gasteiger partial charge in [0.05, 0.1) is 4.90 Å². The summed E-state index contributed by atoms with van der Waals surface area (Å²) in [5.74, 6) is -0.0272. The van der Waals surface area contributed by atoms with Crippen molar-refractivity contribution >= 4 is 33.2 Å². The molecule has 7 heteroatoms. The lowest BCUT2D eigenvalue weighted by atomic mass is 9.95. The maximum atomic E-state index is 12.8. The molecule has 0 saturated carbocycles. The van der Waals surface area contributed by atoms with Crippen molar-refractivity contribution in [2.45, 2.75) is 16.9 Å². The van der Waals surface area contributed by atoms with Crippen molar-refractivity contribution in [1.82, 2.24) is 4.31 Å². The monoisotopic (exact) mass is 370 g/mol. The predicted octanol–water partition coefficient (Wildman–Crippen LogP) is 3.11. The molecule has 0 spiro atoms. The molecule has 1 heterocycles. The first-order valence-corrected chi connectivity index (χ1v) is 9.34. The highest BCUT2D eigenvalue weighted by Gasteiger charge is 2.38. The predicted molar refractivity (Wildman–Crippen MR) is 92.4 cm³/mol. The first-order valence-electron chi connectivity index (χ1n) is 7.15. The smallest absolute Gasteiger partial charge is 0.243 e. The second kappa shape index (κ2) is 6.42. The largest absolute Gasteiger partial charge is 0.326 e. The van der Waals surface area contributed by atoms with E-state index in [1.54, 1.807) is 0 Å². The first kappa shape index (κ1) is 16.7. The average molecular weight is 371 g/mol. The molecule has 2 N–H and O–H groups in total. The summed E-state index contributed by atoms with van der Waals surface area (Å²) in [7, 11) is -3.67. The van der Waals surface area contributed by atoms with E-state index in [-0.39, 0.29) is 23.4 Å². The number of benzene rings is 2. The van der Waals surface area contributed by atoms with E-state index >= 15 is 0 Å². The Labute approximate surface area is 145 Å². The van der Waals surface area contributed by atoms with Crippen molar-refractivity contribution in [3.63, 3.8) is 0 Å². The van der Waals surface area contributed by atoms with Crippen LogP contribution in [0.1, 0.15) is 11.5 Å². The normalized spacial score (nSPS) is 22.4. The van der Waals surface area contributed by atoms with Crippen LogP contribution in [0, 0.1) is 0 Å². The number of rotatable bonds is 3. The fourth-order valence-electron chi connectivity index (χ4n) is 2.87. The summed E-state index contributed by atoms with van der Waals surface area (Å²) in [5, 5.41) is 0.582. The van der Waals surface area contributed by atoms with Crippen molar-refractivity contribution in [3.05, 3.63) is 64.1 Å². The Morgan fingerprint density at radius 3 is 2.22 bits per heavy atom. The van der Waals surface area contributed by atoms with Crippen LogP contribution >= 0.6 is 23.2 Å². The maximum absolute atomic E-state index is 12.8. The fourth-order valence-corrected chi connectivity index (χ4v) is 5.10. The quantitative estimate of drug-likeness (QED) is 0.902. The van der Waals surface area contributed by atoms with Crippen LogP contribution in [-0.2, 0) is 10.0 Å². The van der Waals surface area contributed by atoms with Gasteiger partial charge in [0, 0.05) is 35.1 Å². The average Bonchev–Trinajstić information content (AvgIpc) is 2.90. The molecule has 1 saturated heterocycles. The van der Waals surface area contributed by atoms with Crippen LogP contribution in [0.3, 0.4) is 0 Å². The van der Waals surface area contributed by atoms with E-state index in [0.29, 0.717) is 16.6 Å². The van der Waals surface area contributed by atoms with E-state index in [0.717, 1.165) is 5.56 Å². The van der Waals surface area contributed by atoms with E-state index in [1.807, 2.05) is 30.3 Å². The van der Waals surface area contributed by atoms with Crippen molar-refractivity contribution < 1.29 is 8.42 Å². The molecule has 2 aromatic rings. The summed E-state index contributed by atoms with van der Waals surface area (Å²) in [6, 6.07) is 13.8. The van der Waals surface area contributed by atoms with Gasteiger partial charge < -0.3 is 5.73 Å². The lowest BCUT2D eigenvalue weighted by molar-refractivity contribution is 0.470. The van der Waals surface area contributed by atoms with Gasteiger partial charge in [0.1, 0.15) is 0 Å². The number of sulfonamides is 1. The minimum atomic E-state index is -3.67. The van der Waals surface area contributed by atoms with Crippen LogP contribution < -0.4 is 5.73 Å². The maximum Gasteiger partial charge on any atom is 0.243 e. The molecule has 0 radical (unpaired) electrons. The van der Waals surface area contributed by atoms with Gasteiger partial charge in [0.25, 0.3) is 0 Å². The van der Waals surface area contributed by atoms with Gasteiger partial charge >= 0.3 is 0 Å². The van der Waals surface area contributed by atoms with Crippen LogP contribution in [0.5, 0.6) is 0 Å². The zero-order valence-corrected chi connectivity index (χ0v) is 14.5. The topological polar surface area (TPSA) is 63.4 Å².